The van der Waals surface area contributed by atoms with Crippen molar-refractivity contribution in [1.82, 2.24) is 10.3 Å². The molecule has 5 nitrogen and oxygen atoms in total. The molecule has 1 amide bonds. The van der Waals surface area contributed by atoms with E-state index in [1.807, 2.05) is 24.3 Å². The molecule has 30 heavy (non-hydrogen) atoms. The molecular formula is C25H34N3O2+. The minimum atomic E-state index is 0.0729. The van der Waals surface area contributed by atoms with Crippen LogP contribution in [0.5, 0.6) is 5.75 Å². The molecule has 160 valence electrons. The van der Waals surface area contributed by atoms with Gasteiger partial charge in [0, 0.05) is 35.0 Å². The molecule has 0 spiro atoms. The SMILES string of the molecule is COc1ccc(-c2[nH]c3ccccc3c2CCC(=O)NCC(C)(C)C[NH+](C)C)cc1. The van der Waals surface area contributed by atoms with Crippen molar-refractivity contribution in [1.29, 1.82) is 0 Å². The van der Waals surface area contributed by atoms with Gasteiger partial charge in [0.05, 0.1) is 27.7 Å². The molecule has 0 saturated heterocycles. The maximum atomic E-state index is 12.6. The molecule has 0 atom stereocenters. The zero-order chi connectivity index (χ0) is 21.7. The van der Waals surface area contributed by atoms with Gasteiger partial charge in [-0.15, -0.1) is 0 Å². The van der Waals surface area contributed by atoms with Gasteiger partial charge in [-0.25, -0.2) is 0 Å². The van der Waals surface area contributed by atoms with Gasteiger partial charge in [-0.1, -0.05) is 32.0 Å². The number of quaternary nitrogens is 1. The molecule has 0 fully saturated rings. The highest BCUT2D eigenvalue weighted by Gasteiger charge is 2.22. The first-order valence-electron chi connectivity index (χ1n) is 10.6. The van der Waals surface area contributed by atoms with Gasteiger partial charge in [-0.05, 0) is 47.9 Å². The van der Waals surface area contributed by atoms with Crippen molar-refractivity contribution in [2.75, 3.05) is 34.3 Å². The number of H-pyrrole nitrogens is 1. The van der Waals surface area contributed by atoms with Gasteiger partial charge in [-0.3, -0.25) is 4.79 Å². The fourth-order valence-corrected chi connectivity index (χ4v) is 4.15. The molecule has 1 heterocycles. The summed E-state index contributed by atoms with van der Waals surface area (Å²) in [5.41, 5.74) is 4.52. The van der Waals surface area contributed by atoms with Gasteiger partial charge < -0.3 is 19.9 Å². The van der Waals surface area contributed by atoms with E-state index in [0.717, 1.165) is 29.1 Å². The summed E-state index contributed by atoms with van der Waals surface area (Å²) in [4.78, 5) is 17.5. The lowest BCUT2D eigenvalue weighted by Crippen LogP contribution is -3.07. The third-order valence-electron chi connectivity index (χ3n) is 5.39. The first kappa shape index (κ1) is 21.9. The van der Waals surface area contributed by atoms with Crippen LogP contribution in [0.1, 0.15) is 25.8 Å². The maximum Gasteiger partial charge on any atom is 0.220 e. The average molecular weight is 409 g/mol. The van der Waals surface area contributed by atoms with Gasteiger partial charge in [0.1, 0.15) is 5.75 Å². The van der Waals surface area contributed by atoms with Crippen LogP contribution in [-0.2, 0) is 11.2 Å². The zero-order valence-electron chi connectivity index (χ0n) is 18.8. The van der Waals surface area contributed by atoms with E-state index in [-0.39, 0.29) is 11.3 Å². The van der Waals surface area contributed by atoms with E-state index in [0.29, 0.717) is 19.4 Å². The van der Waals surface area contributed by atoms with E-state index in [1.54, 1.807) is 7.11 Å². The number of para-hydroxylation sites is 1. The first-order chi connectivity index (χ1) is 14.3. The third kappa shape index (κ3) is 5.42. The minimum Gasteiger partial charge on any atom is -0.497 e. The van der Waals surface area contributed by atoms with Crippen molar-refractivity contribution in [3.05, 3.63) is 54.1 Å². The van der Waals surface area contributed by atoms with Crippen LogP contribution in [0.3, 0.4) is 0 Å². The molecule has 0 unspecified atom stereocenters. The summed E-state index contributed by atoms with van der Waals surface area (Å²) in [6, 6.07) is 16.3. The summed E-state index contributed by atoms with van der Waals surface area (Å²) >= 11 is 0. The van der Waals surface area contributed by atoms with Crippen LogP contribution in [0, 0.1) is 5.41 Å². The van der Waals surface area contributed by atoms with Gasteiger partial charge in [0.25, 0.3) is 0 Å². The van der Waals surface area contributed by atoms with Gasteiger partial charge in [0.15, 0.2) is 0 Å². The highest BCUT2D eigenvalue weighted by molar-refractivity contribution is 5.91. The summed E-state index contributed by atoms with van der Waals surface area (Å²) in [6.07, 6.45) is 1.16. The fraction of sp³-hybridized carbons (Fsp3) is 0.400. The lowest BCUT2D eigenvalue weighted by molar-refractivity contribution is -0.865. The minimum absolute atomic E-state index is 0.0729. The standard InChI is InChI=1S/C25H33N3O2/c1-25(2,17-28(3)4)16-26-23(29)15-14-21-20-8-6-7-9-22(20)27-24(21)18-10-12-19(30-5)13-11-18/h6-13,27H,14-17H2,1-5H3,(H,26,29)/p+1. The highest BCUT2D eigenvalue weighted by atomic mass is 16.5. The summed E-state index contributed by atoms with van der Waals surface area (Å²) in [5, 5.41) is 4.31. The number of aromatic amines is 1. The normalized spacial score (nSPS) is 11.8. The molecule has 1 aromatic heterocycles. The maximum absolute atomic E-state index is 12.6. The molecular weight excluding hydrogens is 374 g/mol. The second kappa shape index (κ2) is 9.35. The number of hydrogen-bond donors (Lipinski definition) is 3. The predicted octanol–water partition coefficient (Wildman–Crippen LogP) is 3.06. The Morgan fingerprint density at radius 1 is 1.10 bits per heavy atom. The largest absolute Gasteiger partial charge is 0.497 e. The van der Waals surface area contributed by atoms with Crippen LogP contribution in [0.2, 0.25) is 0 Å². The number of carbonyl (C=O) groups is 1. The van der Waals surface area contributed by atoms with Crippen molar-refractivity contribution in [3.63, 3.8) is 0 Å². The Hall–Kier alpha value is -2.79. The predicted molar refractivity (Wildman–Crippen MR) is 123 cm³/mol. The molecule has 0 saturated carbocycles. The number of methoxy groups -OCH3 is 1. The molecule has 3 N–H and O–H groups in total. The molecule has 0 radical (unpaired) electrons. The van der Waals surface area contributed by atoms with E-state index < -0.39 is 0 Å². The number of benzene rings is 2. The molecule has 0 aliphatic heterocycles. The Kier molecular flexibility index (Phi) is 6.83. The number of ether oxygens (including phenoxy) is 1. The van der Waals surface area contributed by atoms with Gasteiger partial charge in [0.2, 0.25) is 5.91 Å². The van der Waals surface area contributed by atoms with Crippen LogP contribution in [-0.4, -0.2) is 45.2 Å². The Morgan fingerprint density at radius 2 is 1.80 bits per heavy atom. The van der Waals surface area contributed by atoms with Crippen molar-refractivity contribution < 1.29 is 14.4 Å². The lowest BCUT2D eigenvalue weighted by Gasteiger charge is -2.26. The number of nitrogens with one attached hydrogen (secondary N) is 3. The van der Waals surface area contributed by atoms with Crippen molar-refractivity contribution in [2.45, 2.75) is 26.7 Å². The van der Waals surface area contributed by atoms with Crippen molar-refractivity contribution in [3.8, 4) is 17.0 Å². The number of carbonyl (C=O) groups excluding carboxylic acids is 1. The van der Waals surface area contributed by atoms with E-state index in [4.69, 9.17) is 4.74 Å². The van der Waals surface area contributed by atoms with Crippen LogP contribution >= 0.6 is 0 Å². The number of hydrogen-bond acceptors (Lipinski definition) is 2. The second-order valence-corrected chi connectivity index (χ2v) is 9.08. The Labute approximate surface area is 179 Å². The van der Waals surface area contributed by atoms with E-state index >= 15 is 0 Å². The monoisotopic (exact) mass is 408 g/mol. The Balaban J connectivity index is 1.75. The van der Waals surface area contributed by atoms with Gasteiger partial charge in [-0.2, -0.15) is 0 Å². The van der Waals surface area contributed by atoms with Crippen LogP contribution in [0.25, 0.3) is 22.2 Å². The van der Waals surface area contributed by atoms with Crippen LogP contribution in [0.4, 0.5) is 0 Å². The van der Waals surface area contributed by atoms with E-state index in [2.05, 4.69) is 62.5 Å². The molecule has 0 aliphatic rings. The summed E-state index contributed by atoms with van der Waals surface area (Å²) < 4.78 is 5.29. The molecule has 0 aliphatic carbocycles. The first-order valence-corrected chi connectivity index (χ1v) is 10.6. The summed E-state index contributed by atoms with van der Waals surface area (Å²) in [5.74, 6) is 0.931. The number of aromatic nitrogens is 1. The topological polar surface area (TPSA) is 58.6 Å². The summed E-state index contributed by atoms with van der Waals surface area (Å²) in [6.45, 7) is 6.09. The molecule has 3 rings (SSSR count). The van der Waals surface area contributed by atoms with Crippen molar-refractivity contribution in [2.24, 2.45) is 5.41 Å². The Bertz CT molecular complexity index is 987. The Morgan fingerprint density at radius 3 is 2.47 bits per heavy atom. The van der Waals surface area contributed by atoms with Crippen molar-refractivity contribution >= 4 is 16.8 Å². The second-order valence-electron chi connectivity index (χ2n) is 9.08. The number of aryl methyl sites for hydroxylation is 1. The van der Waals surface area contributed by atoms with Crippen LogP contribution in [0.15, 0.2) is 48.5 Å². The van der Waals surface area contributed by atoms with Gasteiger partial charge >= 0.3 is 0 Å². The highest BCUT2D eigenvalue weighted by Crippen LogP contribution is 2.32. The zero-order valence-corrected chi connectivity index (χ0v) is 18.8. The number of fused-ring (bicyclic) bond motifs is 1. The number of rotatable bonds is 9. The molecule has 0 bridgehead atoms. The lowest BCUT2D eigenvalue weighted by atomic mass is 9.93. The third-order valence-corrected chi connectivity index (χ3v) is 5.39. The summed E-state index contributed by atoms with van der Waals surface area (Å²) in [7, 11) is 5.95. The molecule has 2 aromatic carbocycles. The fourth-order valence-electron chi connectivity index (χ4n) is 4.15. The molecule has 5 heteroatoms. The molecule has 3 aromatic rings. The smallest absolute Gasteiger partial charge is 0.220 e. The van der Waals surface area contributed by atoms with E-state index in [9.17, 15) is 4.79 Å². The number of amides is 1. The quantitative estimate of drug-likeness (QED) is 0.510. The van der Waals surface area contributed by atoms with E-state index in [1.165, 1.54) is 15.8 Å². The average Bonchev–Trinajstić information content (AvgIpc) is 3.08. The van der Waals surface area contributed by atoms with Crippen LogP contribution < -0.4 is 15.0 Å².